The summed E-state index contributed by atoms with van der Waals surface area (Å²) in [7, 11) is 1.56. The Bertz CT molecular complexity index is 1230. The fourth-order valence-electron chi connectivity index (χ4n) is 2.82. The quantitative estimate of drug-likeness (QED) is 0.278. The van der Waals surface area contributed by atoms with Gasteiger partial charge in [0.05, 0.1) is 28.2 Å². The van der Waals surface area contributed by atoms with Gasteiger partial charge in [-0.1, -0.05) is 0 Å². The monoisotopic (exact) mass is 455 g/mol. The number of benzene rings is 2. The van der Waals surface area contributed by atoms with Crippen LogP contribution in [0.2, 0.25) is 0 Å². The number of hydrazone groups is 1. The van der Waals surface area contributed by atoms with E-state index in [0.29, 0.717) is 21.9 Å². The summed E-state index contributed by atoms with van der Waals surface area (Å²) in [5.41, 5.74) is 2.40. The molecule has 3 N–H and O–H groups in total. The normalized spacial score (nSPS) is 11.1. The molecule has 0 aliphatic heterocycles. The van der Waals surface area contributed by atoms with Gasteiger partial charge in [0.15, 0.2) is 0 Å². The standard InChI is InChI=1S/C21H17N3O7S/c1-11(16-10-32-19(18(16)25)12-3-6-14(31-2)7-4-12)22-23-20(26)13-5-8-15(21(27)28)17(9-13)24(29)30/h3-10,25H,1-2H3,(H,23,26)(H,27,28). The number of aromatic carboxylic acids is 1. The van der Waals surface area contributed by atoms with Crippen molar-refractivity contribution in [1.82, 2.24) is 5.43 Å². The molecular weight excluding hydrogens is 438 g/mol. The Hall–Kier alpha value is -4.25. The minimum Gasteiger partial charge on any atom is -0.506 e. The first-order valence-corrected chi connectivity index (χ1v) is 9.92. The summed E-state index contributed by atoms with van der Waals surface area (Å²) in [6.07, 6.45) is 0. The fraction of sp³-hybridized carbons (Fsp3) is 0.0952. The maximum Gasteiger partial charge on any atom is 0.342 e. The Balaban J connectivity index is 1.81. The van der Waals surface area contributed by atoms with Gasteiger partial charge < -0.3 is 14.9 Å². The third-order valence-electron chi connectivity index (χ3n) is 4.52. The molecule has 0 atom stereocenters. The highest BCUT2D eigenvalue weighted by atomic mass is 32.1. The number of methoxy groups -OCH3 is 1. The van der Waals surface area contributed by atoms with E-state index in [1.807, 2.05) is 0 Å². The molecule has 0 saturated heterocycles. The van der Waals surface area contributed by atoms with E-state index in [9.17, 15) is 24.8 Å². The zero-order valence-electron chi connectivity index (χ0n) is 16.9. The lowest BCUT2D eigenvalue weighted by Gasteiger charge is -2.05. The number of hydrogen-bond donors (Lipinski definition) is 3. The number of nitro benzene ring substituents is 1. The van der Waals surface area contributed by atoms with Gasteiger partial charge in [0.25, 0.3) is 11.6 Å². The molecule has 1 aromatic heterocycles. The van der Waals surface area contributed by atoms with Crippen molar-refractivity contribution in [3.05, 3.63) is 74.6 Å². The van der Waals surface area contributed by atoms with Crippen LogP contribution in [-0.4, -0.2) is 39.8 Å². The van der Waals surface area contributed by atoms with Crippen molar-refractivity contribution in [2.75, 3.05) is 7.11 Å². The molecule has 0 bridgehead atoms. The van der Waals surface area contributed by atoms with Crippen LogP contribution in [0, 0.1) is 10.1 Å². The lowest BCUT2D eigenvalue weighted by Crippen LogP contribution is -2.19. The van der Waals surface area contributed by atoms with Gasteiger partial charge in [-0.05, 0) is 48.9 Å². The van der Waals surface area contributed by atoms with Crippen LogP contribution in [0.1, 0.15) is 33.2 Å². The maximum absolute atomic E-state index is 12.3. The SMILES string of the molecule is COc1ccc(-c2scc(C(C)=NNC(=O)c3ccc(C(=O)O)c([N+](=O)[O-])c3)c2O)cc1. The highest BCUT2D eigenvalue weighted by Crippen LogP contribution is 2.39. The van der Waals surface area contributed by atoms with Crippen LogP contribution in [0.4, 0.5) is 5.69 Å². The topological polar surface area (TPSA) is 151 Å². The van der Waals surface area contributed by atoms with Gasteiger partial charge in [0.1, 0.15) is 17.1 Å². The number of carboxylic acid groups (broad SMARTS) is 1. The summed E-state index contributed by atoms with van der Waals surface area (Å²) in [5.74, 6) is -1.56. The third-order valence-corrected chi connectivity index (χ3v) is 5.54. The van der Waals surface area contributed by atoms with E-state index < -0.39 is 28.1 Å². The van der Waals surface area contributed by atoms with Gasteiger partial charge in [-0.3, -0.25) is 14.9 Å². The molecule has 3 rings (SSSR count). The van der Waals surface area contributed by atoms with Crippen LogP contribution in [0.3, 0.4) is 0 Å². The summed E-state index contributed by atoms with van der Waals surface area (Å²) in [6, 6.07) is 10.1. The minimum atomic E-state index is -1.47. The number of rotatable bonds is 7. The lowest BCUT2D eigenvalue weighted by molar-refractivity contribution is -0.385. The highest BCUT2D eigenvalue weighted by Gasteiger charge is 2.22. The average molecular weight is 455 g/mol. The van der Waals surface area contributed by atoms with Crippen molar-refractivity contribution >= 4 is 34.6 Å². The van der Waals surface area contributed by atoms with Crippen LogP contribution in [0.5, 0.6) is 11.5 Å². The number of carboxylic acids is 1. The van der Waals surface area contributed by atoms with E-state index in [1.165, 1.54) is 11.3 Å². The molecule has 0 unspecified atom stereocenters. The number of nitro groups is 1. The van der Waals surface area contributed by atoms with Crippen LogP contribution in [0.25, 0.3) is 10.4 Å². The molecule has 0 radical (unpaired) electrons. The van der Waals surface area contributed by atoms with Gasteiger partial charge in [-0.2, -0.15) is 5.10 Å². The third kappa shape index (κ3) is 4.57. The summed E-state index contributed by atoms with van der Waals surface area (Å²) < 4.78 is 5.12. The van der Waals surface area contributed by atoms with E-state index >= 15 is 0 Å². The summed E-state index contributed by atoms with van der Waals surface area (Å²) in [5, 5.41) is 36.4. The van der Waals surface area contributed by atoms with Crippen LogP contribution in [-0.2, 0) is 0 Å². The van der Waals surface area contributed by atoms with Crippen molar-refractivity contribution < 1.29 is 29.5 Å². The Labute approximate surface area is 185 Å². The molecular formula is C21H17N3O7S. The maximum atomic E-state index is 12.3. The second-order valence-electron chi connectivity index (χ2n) is 6.49. The Kier molecular flexibility index (Phi) is 6.50. The zero-order chi connectivity index (χ0) is 23.4. The second kappa shape index (κ2) is 9.27. The molecule has 0 aliphatic rings. The van der Waals surface area contributed by atoms with Gasteiger partial charge >= 0.3 is 5.97 Å². The Morgan fingerprint density at radius 3 is 2.44 bits per heavy atom. The van der Waals surface area contributed by atoms with Crippen molar-refractivity contribution in [2.24, 2.45) is 5.10 Å². The number of carbonyl (C=O) groups is 2. The largest absolute Gasteiger partial charge is 0.506 e. The van der Waals surface area contributed by atoms with E-state index in [4.69, 9.17) is 9.84 Å². The molecule has 1 amide bonds. The number of nitrogens with one attached hydrogen (secondary N) is 1. The number of thiophene rings is 1. The Morgan fingerprint density at radius 2 is 1.84 bits per heavy atom. The molecule has 0 fully saturated rings. The lowest BCUT2D eigenvalue weighted by atomic mass is 10.1. The molecule has 3 aromatic rings. The predicted molar refractivity (Wildman–Crippen MR) is 118 cm³/mol. The molecule has 0 spiro atoms. The number of ether oxygens (including phenoxy) is 1. The van der Waals surface area contributed by atoms with Gasteiger partial charge in [0.2, 0.25) is 0 Å². The number of nitrogens with zero attached hydrogens (tertiary/aromatic N) is 2. The first kappa shape index (κ1) is 22.4. The number of aromatic hydroxyl groups is 1. The number of carbonyl (C=O) groups excluding carboxylic acids is 1. The van der Waals surface area contributed by atoms with E-state index in [0.717, 1.165) is 23.8 Å². The van der Waals surface area contributed by atoms with Crippen molar-refractivity contribution in [3.63, 3.8) is 0 Å². The minimum absolute atomic E-state index is 0.00267. The van der Waals surface area contributed by atoms with E-state index in [2.05, 4.69) is 10.5 Å². The van der Waals surface area contributed by atoms with E-state index in [1.54, 1.807) is 43.7 Å². The van der Waals surface area contributed by atoms with Crippen molar-refractivity contribution in [1.29, 1.82) is 0 Å². The van der Waals surface area contributed by atoms with Crippen LogP contribution < -0.4 is 10.2 Å². The Morgan fingerprint density at radius 1 is 1.16 bits per heavy atom. The average Bonchev–Trinajstić information content (AvgIpc) is 3.18. The highest BCUT2D eigenvalue weighted by molar-refractivity contribution is 7.14. The van der Waals surface area contributed by atoms with Gasteiger partial charge in [0, 0.05) is 17.0 Å². The van der Waals surface area contributed by atoms with Gasteiger partial charge in [-0.15, -0.1) is 11.3 Å². The van der Waals surface area contributed by atoms with Crippen molar-refractivity contribution in [3.8, 4) is 21.9 Å². The summed E-state index contributed by atoms with van der Waals surface area (Å²) in [6.45, 7) is 1.58. The van der Waals surface area contributed by atoms with Crippen LogP contribution >= 0.6 is 11.3 Å². The molecule has 10 nitrogen and oxygen atoms in total. The number of hydrogen-bond acceptors (Lipinski definition) is 8. The molecule has 0 aliphatic carbocycles. The number of amides is 1. The summed E-state index contributed by atoms with van der Waals surface area (Å²) >= 11 is 1.30. The van der Waals surface area contributed by atoms with Gasteiger partial charge in [-0.25, -0.2) is 10.2 Å². The summed E-state index contributed by atoms with van der Waals surface area (Å²) in [4.78, 5) is 34.3. The molecule has 11 heteroatoms. The molecule has 1 heterocycles. The smallest absolute Gasteiger partial charge is 0.342 e. The first-order valence-electron chi connectivity index (χ1n) is 9.04. The molecule has 164 valence electrons. The fourth-order valence-corrected chi connectivity index (χ4v) is 3.83. The zero-order valence-corrected chi connectivity index (χ0v) is 17.7. The molecule has 0 saturated carbocycles. The first-order chi connectivity index (χ1) is 15.2. The molecule has 32 heavy (non-hydrogen) atoms. The van der Waals surface area contributed by atoms with Crippen LogP contribution in [0.15, 0.2) is 52.9 Å². The van der Waals surface area contributed by atoms with Crippen molar-refractivity contribution in [2.45, 2.75) is 6.92 Å². The molecule has 2 aromatic carbocycles. The second-order valence-corrected chi connectivity index (χ2v) is 7.37. The van der Waals surface area contributed by atoms with E-state index in [-0.39, 0.29) is 11.3 Å². The predicted octanol–water partition coefficient (Wildman–Crippen LogP) is 3.89.